The summed E-state index contributed by atoms with van der Waals surface area (Å²) in [4.78, 5) is 0. The standard InChI is InChI=1S/C32H56N8.Cu/c1-2-10-18-17(9-1)25-33-26(18)38-28-21-13-5-6-14-22(21)30(35-28)40-32-24-16-8-7-15-23(24)31(36-32)39-29-20-12-4-3-11-19(20)27(34-29)37-25;/h17-40H,1-16H2;. The summed E-state index contributed by atoms with van der Waals surface area (Å²) < 4.78 is 0. The minimum absolute atomic E-state index is 0. The van der Waals surface area contributed by atoms with Gasteiger partial charge in [0.2, 0.25) is 0 Å². The third kappa shape index (κ3) is 5.01. The molecule has 8 unspecified atom stereocenters. The van der Waals surface area contributed by atoms with Crippen LogP contribution in [0.2, 0.25) is 0 Å². The van der Waals surface area contributed by atoms with Crippen LogP contribution in [-0.4, -0.2) is 49.3 Å². The van der Waals surface area contributed by atoms with Gasteiger partial charge in [-0.3, -0.25) is 42.5 Å². The monoisotopic (exact) mass is 615 g/mol. The zero-order chi connectivity index (χ0) is 26.2. The fourth-order valence-corrected chi connectivity index (χ4v) is 12.0. The molecule has 9 fully saturated rings. The Kier molecular flexibility index (Phi) is 8.28. The molecule has 8 bridgehead atoms. The van der Waals surface area contributed by atoms with Gasteiger partial charge in [0.15, 0.2) is 0 Å². The Morgan fingerprint density at radius 1 is 0.220 bits per heavy atom. The van der Waals surface area contributed by atoms with Gasteiger partial charge in [-0.25, -0.2) is 0 Å². The molecule has 9 rings (SSSR count). The average molecular weight is 616 g/mol. The molecule has 0 aromatic heterocycles. The minimum Gasteiger partial charge on any atom is -0.286 e. The third-order valence-corrected chi connectivity index (χ3v) is 13.8. The van der Waals surface area contributed by atoms with Crippen LogP contribution in [0, 0.1) is 47.3 Å². The molecule has 235 valence electrons. The molecule has 0 amide bonds. The normalized spacial score (nSPS) is 56.2. The SMILES string of the molecule is C1CCC2C3NC(NC4NC(NC5NC(NC6NC(N3)C3CCCCC63)C3CCCCC53)C3CCCCC43)C2C1.[Cu]. The maximum absolute atomic E-state index is 4.26. The number of rotatable bonds is 0. The van der Waals surface area contributed by atoms with E-state index >= 15 is 0 Å². The average Bonchev–Trinajstić information content (AvgIpc) is 3.73. The Morgan fingerprint density at radius 3 is 0.463 bits per heavy atom. The van der Waals surface area contributed by atoms with Crippen LogP contribution < -0.4 is 42.5 Å². The topological polar surface area (TPSA) is 96.2 Å². The summed E-state index contributed by atoms with van der Waals surface area (Å²) in [5, 5.41) is 33.8. The van der Waals surface area contributed by atoms with Crippen molar-refractivity contribution in [3.8, 4) is 0 Å². The van der Waals surface area contributed by atoms with Gasteiger partial charge in [0.05, 0.1) is 49.3 Å². The molecule has 8 N–H and O–H groups in total. The second kappa shape index (κ2) is 11.8. The summed E-state index contributed by atoms with van der Waals surface area (Å²) in [5.74, 6) is 5.97. The van der Waals surface area contributed by atoms with Crippen LogP contribution in [0.1, 0.15) is 103 Å². The van der Waals surface area contributed by atoms with E-state index in [1.165, 1.54) is 103 Å². The van der Waals surface area contributed by atoms with Crippen molar-refractivity contribution in [1.82, 2.24) is 42.5 Å². The number of nitrogens with one attached hydrogen (secondary N) is 8. The maximum atomic E-state index is 4.26. The van der Waals surface area contributed by atoms with Crippen molar-refractivity contribution >= 4 is 0 Å². The third-order valence-electron chi connectivity index (χ3n) is 13.8. The second-order valence-electron chi connectivity index (χ2n) is 15.6. The van der Waals surface area contributed by atoms with Crippen LogP contribution in [0.4, 0.5) is 0 Å². The first-order valence-electron chi connectivity index (χ1n) is 17.9. The zero-order valence-electron chi connectivity index (χ0n) is 24.9. The van der Waals surface area contributed by atoms with Gasteiger partial charge < -0.3 is 0 Å². The largest absolute Gasteiger partial charge is 0.286 e. The molecule has 0 aromatic rings. The molecule has 5 aliphatic heterocycles. The van der Waals surface area contributed by atoms with E-state index in [0.29, 0.717) is 49.3 Å². The zero-order valence-corrected chi connectivity index (χ0v) is 25.8. The van der Waals surface area contributed by atoms with Crippen LogP contribution >= 0.6 is 0 Å². The molecule has 0 aromatic carbocycles. The summed E-state index contributed by atoms with van der Waals surface area (Å²) >= 11 is 0. The molecule has 9 aliphatic rings. The molecule has 41 heavy (non-hydrogen) atoms. The van der Waals surface area contributed by atoms with Gasteiger partial charge in [-0.1, -0.05) is 51.4 Å². The van der Waals surface area contributed by atoms with E-state index < -0.39 is 0 Å². The van der Waals surface area contributed by atoms with E-state index in [2.05, 4.69) is 42.5 Å². The van der Waals surface area contributed by atoms with Gasteiger partial charge in [0.1, 0.15) is 0 Å². The van der Waals surface area contributed by atoms with E-state index in [9.17, 15) is 0 Å². The summed E-state index contributed by atoms with van der Waals surface area (Å²) in [5.41, 5.74) is 0. The van der Waals surface area contributed by atoms with Crippen molar-refractivity contribution in [2.45, 2.75) is 152 Å². The van der Waals surface area contributed by atoms with Crippen molar-refractivity contribution in [3.63, 3.8) is 0 Å². The summed E-state index contributed by atoms with van der Waals surface area (Å²) in [6, 6.07) is 0. The van der Waals surface area contributed by atoms with E-state index in [-0.39, 0.29) is 17.1 Å². The van der Waals surface area contributed by atoms with Crippen LogP contribution in [0.25, 0.3) is 0 Å². The molecular formula is C32H56CuN8. The van der Waals surface area contributed by atoms with Crippen LogP contribution in [0.5, 0.6) is 0 Å². The Bertz CT molecular complexity index is 716. The quantitative estimate of drug-likeness (QED) is 0.197. The van der Waals surface area contributed by atoms with Crippen LogP contribution in [-0.2, 0) is 17.1 Å². The number of fused-ring (bicyclic) bond motifs is 20. The van der Waals surface area contributed by atoms with Crippen LogP contribution in [0.3, 0.4) is 0 Å². The molecule has 8 atom stereocenters. The Labute approximate surface area is 258 Å². The molecular weight excluding hydrogens is 560 g/mol. The summed E-state index contributed by atoms with van der Waals surface area (Å²) in [7, 11) is 0. The maximum Gasteiger partial charge on any atom is 0.0628 e. The molecule has 9 heteroatoms. The summed E-state index contributed by atoms with van der Waals surface area (Å²) in [6.45, 7) is 0. The van der Waals surface area contributed by atoms with Crippen molar-refractivity contribution in [2.75, 3.05) is 0 Å². The molecule has 5 saturated heterocycles. The van der Waals surface area contributed by atoms with E-state index in [1.807, 2.05) is 0 Å². The first-order valence-corrected chi connectivity index (χ1v) is 17.9. The van der Waals surface area contributed by atoms with E-state index in [1.54, 1.807) is 0 Å². The molecule has 0 spiro atoms. The van der Waals surface area contributed by atoms with Gasteiger partial charge >= 0.3 is 0 Å². The molecule has 4 saturated carbocycles. The fraction of sp³-hybridized carbons (Fsp3) is 1.00. The second-order valence-corrected chi connectivity index (χ2v) is 15.6. The van der Waals surface area contributed by atoms with Gasteiger partial charge in [-0.05, 0) is 98.7 Å². The molecule has 1 radical (unpaired) electrons. The van der Waals surface area contributed by atoms with Crippen molar-refractivity contribution in [1.29, 1.82) is 0 Å². The van der Waals surface area contributed by atoms with Gasteiger partial charge in [-0.15, -0.1) is 0 Å². The predicted octanol–water partition coefficient (Wildman–Crippen LogP) is 2.60. The Hall–Kier alpha value is 0.199. The Balaban J connectivity index is 0.00000256. The molecule has 8 nitrogen and oxygen atoms in total. The van der Waals surface area contributed by atoms with Crippen molar-refractivity contribution < 1.29 is 17.1 Å². The number of hydrogen-bond donors (Lipinski definition) is 8. The Morgan fingerprint density at radius 2 is 0.341 bits per heavy atom. The number of hydrogen-bond acceptors (Lipinski definition) is 8. The van der Waals surface area contributed by atoms with Crippen molar-refractivity contribution in [3.05, 3.63) is 0 Å². The molecule has 5 heterocycles. The minimum atomic E-state index is 0. The van der Waals surface area contributed by atoms with Crippen LogP contribution in [0.15, 0.2) is 0 Å². The van der Waals surface area contributed by atoms with Gasteiger partial charge in [-0.2, -0.15) is 0 Å². The van der Waals surface area contributed by atoms with Crippen molar-refractivity contribution in [2.24, 2.45) is 47.3 Å². The van der Waals surface area contributed by atoms with E-state index in [0.717, 1.165) is 47.3 Å². The van der Waals surface area contributed by atoms with Gasteiger partial charge in [0.25, 0.3) is 0 Å². The summed E-state index contributed by atoms with van der Waals surface area (Å²) in [6.07, 6.45) is 25.6. The fourth-order valence-electron chi connectivity index (χ4n) is 12.0. The smallest absolute Gasteiger partial charge is 0.0628 e. The van der Waals surface area contributed by atoms with Gasteiger partial charge in [0, 0.05) is 17.1 Å². The molecule has 4 aliphatic carbocycles. The first kappa shape index (κ1) is 28.7. The van der Waals surface area contributed by atoms with E-state index in [4.69, 9.17) is 0 Å². The predicted molar refractivity (Wildman–Crippen MR) is 157 cm³/mol. The first-order chi connectivity index (χ1) is 19.8.